The maximum Gasteiger partial charge on any atom is 0.268 e. The van der Waals surface area contributed by atoms with Gasteiger partial charge < -0.3 is 48.8 Å². The highest BCUT2D eigenvalue weighted by Gasteiger charge is 2.52. The molecule has 0 aliphatic carbocycles. The number of fused-ring (bicyclic) bond motifs is 4. The summed E-state index contributed by atoms with van der Waals surface area (Å²) in [5, 5.41) is 0. The summed E-state index contributed by atoms with van der Waals surface area (Å²) in [4.78, 5) is 49.3. The lowest BCUT2D eigenvalue weighted by Crippen LogP contribution is -2.39. The van der Waals surface area contributed by atoms with E-state index in [1.165, 1.54) is 0 Å². The van der Waals surface area contributed by atoms with Gasteiger partial charge in [0.2, 0.25) is 0 Å². The van der Waals surface area contributed by atoms with Crippen LogP contribution in [0.5, 0.6) is 0 Å². The average Bonchev–Trinajstić information content (AvgIpc) is 3.73. The van der Waals surface area contributed by atoms with Gasteiger partial charge in [-0.3, -0.25) is 18.3 Å². The maximum absolute atomic E-state index is 15.8. The van der Waals surface area contributed by atoms with Crippen LogP contribution in [-0.4, -0.2) is 89.0 Å². The normalized spacial score (nSPS) is 36.6. The van der Waals surface area contributed by atoms with Gasteiger partial charge in [0.05, 0.1) is 25.9 Å². The molecular formula is C22H26F2N10O10P2. The Hall–Kier alpha value is -3.56. The van der Waals surface area contributed by atoms with Crippen LogP contribution >= 0.6 is 15.6 Å². The molecule has 0 saturated carbocycles. The highest BCUT2D eigenvalue weighted by molar-refractivity contribution is 7.46. The van der Waals surface area contributed by atoms with Crippen molar-refractivity contribution < 1.29 is 55.3 Å². The monoisotopic (exact) mass is 690 g/mol. The van der Waals surface area contributed by atoms with Gasteiger partial charge in [0.25, 0.3) is 15.6 Å². The van der Waals surface area contributed by atoms with Crippen molar-refractivity contribution in [3.05, 3.63) is 40.2 Å². The first-order chi connectivity index (χ1) is 20.9. The number of aromatic nitrogens is 8. The molecule has 7 rings (SSSR count). The Balaban J connectivity index is 0.00000208. The van der Waals surface area contributed by atoms with Crippen LogP contribution in [0, 0.1) is 14.9 Å². The number of rotatable bonds is 2. The molecule has 3 aliphatic heterocycles. The summed E-state index contributed by atoms with van der Waals surface area (Å²) in [7, 11) is -10.8. The van der Waals surface area contributed by atoms with E-state index in [1.54, 1.807) is 0 Å². The van der Waals surface area contributed by atoms with Gasteiger partial charge in [0.1, 0.15) is 48.1 Å². The van der Waals surface area contributed by atoms with Crippen LogP contribution in [0.1, 0.15) is 12.5 Å². The Morgan fingerprint density at radius 2 is 1.11 bits per heavy atom. The lowest BCUT2D eigenvalue weighted by molar-refractivity contribution is -0.244. The molecule has 46 heavy (non-hydrogen) atoms. The first-order valence-electron chi connectivity index (χ1n) is 12.7. The summed E-state index contributed by atoms with van der Waals surface area (Å²) >= 11 is 0. The second-order valence-corrected chi connectivity index (χ2v) is 12.5. The number of nitrogen functional groups attached to an aromatic ring is 2. The van der Waals surface area contributed by atoms with Crippen molar-refractivity contribution in [1.29, 1.82) is 0 Å². The summed E-state index contributed by atoms with van der Waals surface area (Å²) < 4.78 is 90.5. The van der Waals surface area contributed by atoms with Crippen LogP contribution in [0.4, 0.5) is 20.4 Å². The number of halogens is 2. The molecule has 0 aromatic carbocycles. The first-order valence-corrected chi connectivity index (χ1v) is 15.6. The van der Waals surface area contributed by atoms with Gasteiger partial charge in [-0.05, 0) is 0 Å². The Labute approximate surface area is 258 Å². The topological polar surface area (TPSA) is 275 Å². The van der Waals surface area contributed by atoms with Crippen molar-refractivity contribution in [2.75, 3.05) is 24.7 Å². The predicted molar refractivity (Wildman–Crippen MR) is 147 cm³/mol. The number of nitrogens with two attached hydrogens (primary N) is 2. The molecule has 0 amide bonds. The van der Waals surface area contributed by atoms with Gasteiger partial charge in [-0.25, -0.2) is 38.7 Å². The fraction of sp³-hybridized carbons (Fsp3) is 0.455. The molecule has 0 bridgehead atoms. The Morgan fingerprint density at radius 3 is 1.50 bits per heavy atom. The molecule has 0 radical (unpaired) electrons. The number of hydrogen-bond donors (Lipinski definition) is 2. The number of phosphoric ester groups is 2. The summed E-state index contributed by atoms with van der Waals surface area (Å²) in [6.45, 7) is -1.99. The average molecular weight is 690 g/mol. The number of hydrogen-bond acceptors (Lipinski definition) is 18. The summed E-state index contributed by atoms with van der Waals surface area (Å²) in [5.41, 5.74) is 11.8. The van der Waals surface area contributed by atoms with E-state index < -0.39 is 78.1 Å². The van der Waals surface area contributed by atoms with Crippen LogP contribution in [0.2, 0.25) is 0 Å². The van der Waals surface area contributed by atoms with E-state index in [0.29, 0.717) is 0 Å². The molecular weight excluding hydrogens is 664 g/mol. The number of imidazole rings is 2. The molecule has 2 unspecified atom stereocenters. The molecule has 4 aromatic rings. The van der Waals surface area contributed by atoms with Crippen molar-refractivity contribution in [3.63, 3.8) is 0 Å². The molecule has 20 nitrogen and oxygen atoms in total. The fourth-order valence-corrected chi connectivity index (χ4v) is 7.04. The van der Waals surface area contributed by atoms with E-state index in [0.717, 1.165) is 34.4 Å². The van der Waals surface area contributed by atoms with Crippen LogP contribution < -0.4 is 21.3 Å². The zero-order valence-electron chi connectivity index (χ0n) is 23.8. The second-order valence-electron chi connectivity index (χ2n) is 9.81. The molecule has 7 heterocycles. The SMILES string of the molecule is Nc1ncnc2c1ncn2[C@@H]1O[C@@H]2COP(=O)([O-])O[C@H]3[C@@H](F)[C@H](n4cnc5c(N)ncnc54)O[C@@H]3COP(=O)([O-])O[C@H]2[C@H]1F.[CH3+].[CH3+]. The zero-order chi connectivity index (χ0) is 31.0. The highest BCUT2D eigenvalue weighted by Crippen LogP contribution is 2.51. The number of ether oxygens (including phenoxy) is 2. The second kappa shape index (κ2) is 12.2. The van der Waals surface area contributed by atoms with Crippen LogP contribution in [-0.2, 0) is 36.7 Å². The standard InChI is InChI=1S/C20H22F2N10O10P2.2CH3/c21-9-13-7(39-19(9)31-5-29-11-15(23)25-3-27-17(11)31)1-37-43(33,34)42-14-8(2-38-44(35,36)41-13)40-20(10(14)22)32-6-30-12-16(24)26-4-28-18(12)32;;/h3-10,13-14,19-20H,1-2H2,(H,33,34)(H,35,36)(H2,23,25,27)(H2,24,26,28);2*1H3/q;2*+1/p-2/t7-,8-,9-,10-,13-,14-,19-,20-;;/m1../s1. The minimum Gasteiger partial charge on any atom is -0.756 e. The van der Waals surface area contributed by atoms with E-state index in [1.807, 2.05) is 0 Å². The minimum atomic E-state index is -5.39. The van der Waals surface area contributed by atoms with E-state index in [2.05, 4.69) is 29.9 Å². The molecule has 3 aliphatic rings. The van der Waals surface area contributed by atoms with Gasteiger partial charge in [0.15, 0.2) is 47.7 Å². The molecule has 3 saturated heterocycles. The number of anilines is 2. The summed E-state index contributed by atoms with van der Waals surface area (Å²) in [6.07, 6.45) is -10.6. The van der Waals surface area contributed by atoms with Crippen LogP contribution in [0.25, 0.3) is 22.3 Å². The summed E-state index contributed by atoms with van der Waals surface area (Å²) in [6, 6.07) is 0. The van der Waals surface area contributed by atoms with Gasteiger partial charge >= 0.3 is 0 Å². The molecule has 3 fully saturated rings. The van der Waals surface area contributed by atoms with Crippen molar-refractivity contribution >= 4 is 49.6 Å². The van der Waals surface area contributed by atoms with Crippen molar-refractivity contribution in [2.24, 2.45) is 0 Å². The van der Waals surface area contributed by atoms with Gasteiger partial charge in [-0.1, -0.05) is 0 Å². The predicted octanol–water partition coefficient (Wildman–Crippen LogP) is -0.0438. The zero-order valence-corrected chi connectivity index (χ0v) is 25.6. The lowest BCUT2D eigenvalue weighted by Gasteiger charge is -2.34. The third-order valence-corrected chi connectivity index (χ3v) is 9.09. The number of phosphoric acid groups is 2. The third-order valence-electron chi connectivity index (χ3n) is 7.15. The Bertz CT molecular complexity index is 1700. The molecule has 4 aromatic heterocycles. The minimum absolute atomic E-state index is 0. The van der Waals surface area contributed by atoms with Gasteiger partial charge in [-0.2, -0.15) is 0 Å². The van der Waals surface area contributed by atoms with Crippen molar-refractivity contribution in [1.82, 2.24) is 39.0 Å². The van der Waals surface area contributed by atoms with Crippen molar-refractivity contribution in [3.8, 4) is 0 Å². The number of alkyl halides is 2. The van der Waals surface area contributed by atoms with E-state index in [4.69, 9.17) is 39.0 Å². The van der Waals surface area contributed by atoms with E-state index in [-0.39, 0.29) is 48.8 Å². The van der Waals surface area contributed by atoms with Crippen LogP contribution in [0.15, 0.2) is 25.3 Å². The van der Waals surface area contributed by atoms with E-state index in [9.17, 15) is 18.9 Å². The third kappa shape index (κ3) is 5.77. The molecule has 0 spiro atoms. The van der Waals surface area contributed by atoms with Crippen molar-refractivity contribution in [2.45, 2.75) is 49.2 Å². The van der Waals surface area contributed by atoms with Gasteiger partial charge in [-0.15, -0.1) is 0 Å². The van der Waals surface area contributed by atoms with Gasteiger partial charge in [0, 0.05) is 14.9 Å². The molecule has 4 N–H and O–H groups in total. The fourth-order valence-electron chi connectivity index (χ4n) is 5.16. The lowest BCUT2D eigenvalue weighted by atomic mass is 10.1. The molecule has 24 heteroatoms. The highest BCUT2D eigenvalue weighted by atomic mass is 31.2. The number of nitrogens with zero attached hydrogens (tertiary/aromatic N) is 8. The van der Waals surface area contributed by atoms with Crippen LogP contribution in [0.3, 0.4) is 0 Å². The Morgan fingerprint density at radius 1 is 0.717 bits per heavy atom. The molecule has 248 valence electrons. The molecule has 10 atom stereocenters. The largest absolute Gasteiger partial charge is 0.756 e. The first kappa shape index (κ1) is 33.8. The van der Waals surface area contributed by atoms with E-state index >= 15 is 8.78 Å². The summed E-state index contributed by atoms with van der Waals surface area (Å²) in [5.74, 6) is -0.0372. The maximum atomic E-state index is 15.8. The smallest absolute Gasteiger partial charge is 0.268 e. The quantitative estimate of drug-likeness (QED) is 0.206. The Kier molecular flexibility index (Phi) is 8.98.